The number of fused-ring (bicyclic) bond motifs is 2. The number of hydrogen-bond donors (Lipinski definition) is 4. The summed E-state index contributed by atoms with van der Waals surface area (Å²) in [5.41, 5.74) is 12.8. The van der Waals surface area contributed by atoms with Gasteiger partial charge < -0.3 is 31.1 Å². The molecular weight excluding hydrogens is 532 g/mol. The molecule has 0 radical (unpaired) electrons. The average molecular weight is 575 g/mol. The molecule has 0 aromatic carbocycles. The molecule has 0 unspecified atom stereocenters. The number of ether oxygens (including phenoxy) is 1. The van der Waals surface area contributed by atoms with Gasteiger partial charge in [0.2, 0.25) is 0 Å². The molecule has 6 N–H and O–H groups in total. The highest BCUT2D eigenvalue weighted by Crippen LogP contribution is 2.75. The third-order valence-electron chi connectivity index (χ3n) is 7.12. The Kier molecular flexibility index (Phi) is 8.17. The molecule has 2 fully saturated rings. The van der Waals surface area contributed by atoms with E-state index in [4.69, 9.17) is 28.2 Å². The maximum Gasteiger partial charge on any atom is 0.172 e. The first-order valence-electron chi connectivity index (χ1n) is 12.9. The number of hydrogen-bond acceptors (Lipinski definition) is 10. The summed E-state index contributed by atoms with van der Waals surface area (Å²) in [5, 5.41) is 24.9. The van der Waals surface area contributed by atoms with Crippen LogP contribution in [0.15, 0.2) is 17.7 Å². The van der Waals surface area contributed by atoms with Gasteiger partial charge in [-0.3, -0.25) is 8.37 Å². The second-order valence-electron chi connectivity index (χ2n) is 10.7. The van der Waals surface area contributed by atoms with E-state index in [1.165, 1.54) is 6.33 Å². The van der Waals surface area contributed by atoms with Crippen LogP contribution in [-0.4, -0.2) is 76.6 Å². The standard InChI is InChI=1S/C24H42N6O6S2/c1-12(2)37(13(3)4)33-10-17-20(35-38(36-37,14(5)6)15(7)8)19(31)24(34-17)30-9-16(21(25)29-32)18-22(26)27-11-28-23(18)30/h9,11-15,17,19-20,24,31-32H,10H2,1-8H3,(H2,25,29)(H2,26,27,28)/t17-,19-,20-,24-/m1/s1. The summed E-state index contributed by atoms with van der Waals surface area (Å²) in [6.07, 6.45) is -0.376. The maximum absolute atomic E-state index is 11.7. The van der Waals surface area contributed by atoms with Crippen LogP contribution in [0.4, 0.5) is 5.82 Å². The Bertz CT molecular complexity index is 1170. The molecule has 4 heterocycles. The van der Waals surface area contributed by atoms with E-state index in [9.17, 15) is 10.3 Å². The van der Waals surface area contributed by atoms with Crippen LogP contribution in [0.2, 0.25) is 0 Å². The van der Waals surface area contributed by atoms with E-state index in [-0.39, 0.29) is 39.3 Å². The SMILES string of the molecule is CC(C)S1(C(C)C)OC[C@H]2O[C@@H](n3cc(/C(N)=N/O)c4c(N)ncnc43)[C@H](O)[C@@H]2OS(C(C)C)(C(C)C)O1. The van der Waals surface area contributed by atoms with Gasteiger partial charge in [0.05, 0.1) is 10.9 Å². The largest absolute Gasteiger partial charge is 0.409 e. The molecule has 2 aliphatic rings. The molecule has 12 nitrogen and oxygen atoms in total. The van der Waals surface area contributed by atoms with Crippen molar-refractivity contribution in [3.8, 4) is 0 Å². The molecule has 0 amide bonds. The summed E-state index contributed by atoms with van der Waals surface area (Å²) in [6.45, 7) is 17.1. The molecule has 4 atom stereocenters. The van der Waals surface area contributed by atoms with E-state index in [2.05, 4.69) is 70.5 Å². The van der Waals surface area contributed by atoms with Crippen LogP contribution in [0.3, 0.4) is 0 Å². The molecular formula is C24H42N6O6S2. The van der Waals surface area contributed by atoms with Crippen molar-refractivity contribution in [1.29, 1.82) is 0 Å². The summed E-state index contributed by atoms with van der Waals surface area (Å²) >= 11 is 0. The number of aromatic nitrogens is 3. The quantitative estimate of drug-likeness (QED) is 0.172. The second kappa shape index (κ2) is 10.6. The zero-order valence-electron chi connectivity index (χ0n) is 23.3. The summed E-state index contributed by atoms with van der Waals surface area (Å²) < 4.78 is 28.8. The summed E-state index contributed by atoms with van der Waals surface area (Å²) in [4.78, 5) is 8.42. The van der Waals surface area contributed by atoms with Crippen LogP contribution in [0.1, 0.15) is 67.2 Å². The maximum atomic E-state index is 11.7. The minimum Gasteiger partial charge on any atom is -0.409 e. The number of nitrogens with two attached hydrogens (primary N) is 2. The highest BCUT2D eigenvalue weighted by molar-refractivity contribution is 8.39. The molecule has 2 saturated heterocycles. The Labute approximate surface area is 227 Å². The smallest absolute Gasteiger partial charge is 0.172 e. The van der Waals surface area contributed by atoms with E-state index >= 15 is 0 Å². The van der Waals surface area contributed by atoms with E-state index in [1.54, 1.807) is 10.8 Å². The average Bonchev–Trinajstić information content (AvgIpc) is 3.36. The lowest BCUT2D eigenvalue weighted by atomic mass is 10.1. The number of nitrogens with zero attached hydrogens (tertiary/aromatic N) is 4. The third kappa shape index (κ3) is 4.53. The monoisotopic (exact) mass is 574 g/mol. The van der Waals surface area contributed by atoms with Gasteiger partial charge in [0.15, 0.2) is 12.1 Å². The fourth-order valence-electron chi connectivity index (χ4n) is 5.20. The van der Waals surface area contributed by atoms with E-state index in [0.29, 0.717) is 16.6 Å². The van der Waals surface area contributed by atoms with Crippen LogP contribution < -0.4 is 11.5 Å². The second-order valence-corrected chi connectivity index (χ2v) is 17.8. The van der Waals surface area contributed by atoms with Crippen molar-refractivity contribution < 1.29 is 27.0 Å². The summed E-state index contributed by atoms with van der Waals surface area (Å²) in [7, 11) is -4.23. The molecule has 0 spiro atoms. The predicted molar refractivity (Wildman–Crippen MR) is 152 cm³/mol. The highest BCUT2D eigenvalue weighted by atomic mass is 32.4. The predicted octanol–water partition coefficient (Wildman–Crippen LogP) is 3.70. The van der Waals surface area contributed by atoms with E-state index in [1.807, 2.05) is 0 Å². The number of aliphatic hydroxyl groups is 1. The van der Waals surface area contributed by atoms with Gasteiger partial charge in [0, 0.05) is 27.2 Å². The zero-order chi connectivity index (χ0) is 28.2. The Morgan fingerprint density at radius 3 is 2.21 bits per heavy atom. The van der Waals surface area contributed by atoms with Crippen molar-refractivity contribution in [3.63, 3.8) is 0 Å². The van der Waals surface area contributed by atoms with Crippen molar-refractivity contribution in [2.75, 3.05) is 12.3 Å². The van der Waals surface area contributed by atoms with Gasteiger partial charge in [0.25, 0.3) is 0 Å². The number of rotatable bonds is 6. The van der Waals surface area contributed by atoms with Crippen molar-refractivity contribution in [1.82, 2.24) is 14.5 Å². The molecule has 2 aromatic rings. The normalized spacial score (nSPS) is 29.6. The van der Waals surface area contributed by atoms with Gasteiger partial charge in [-0.05, 0) is 55.4 Å². The number of amidine groups is 1. The molecule has 2 aromatic heterocycles. The molecule has 0 saturated carbocycles. The van der Waals surface area contributed by atoms with E-state index < -0.39 is 45.7 Å². The fraction of sp³-hybridized carbons (Fsp3) is 0.708. The Balaban J connectivity index is 1.83. The summed E-state index contributed by atoms with van der Waals surface area (Å²) in [6, 6.07) is 0. The Hall–Kier alpha value is -1.81. The number of aliphatic hydroxyl groups excluding tert-OH is 1. The Morgan fingerprint density at radius 1 is 1.05 bits per heavy atom. The van der Waals surface area contributed by atoms with Gasteiger partial charge in [-0.15, -0.1) is 0 Å². The van der Waals surface area contributed by atoms with Gasteiger partial charge in [-0.1, -0.05) is 5.16 Å². The van der Waals surface area contributed by atoms with Crippen LogP contribution in [0.25, 0.3) is 11.0 Å². The first-order valence-corrected chi connectivity index (χ1v) is 16.1. The summed E-state index contributed by atoms with van der Waals surface area (Å²) in [5.74, 6) is -0.000715. The van der Waals surface area contributed by atoms with Gasteiger partial charge >= 0.3 is 0 Å². The first-order chi connectivity index (χ1) is 17.8. The molecule has 0 aliphatic carbocycles. The molecule has 14 heteroatoms. The molecule has 0 bridgehead atoms. The number of anilines is 1. The van der Waals surface area contributed by atoms with Gasteiger partial charge in [-0.2, -0.15) is 24.8 Å². The van der Waals surface area contributed by atoms with Crippen LogP contribution in [-0.2, 0) is 16.7 Å². The molecule has 2 aliphatic heterocycles. The molecule has 4 rings (SSSR count). The van der Waals surface area contributed by atoms with Crippen LogP contribution in [0, 0.1) is 0 Å². The number of oxime groups is 1. The highest BCUT2D eigenvalue weighted by Gasteiger charge is 2.54. The first kappa shape index (κ1) is 29.2. The van der Waals surface area contributed by atoms with Crippen molar-refractivity contribution in [3.05, 3.63) is 18.1 Å². The minimum atomic E-state index is -2.20. The van der Waals surface area contributed by atoms with Crippen molar-refractivity contribution >= 4 is 43.9 Å². The molecule has 38 heavy (non-hydrogen) atoms. The van der Waals surface area contributed by atoms with E-state index in [0.717, 1.165) is 0 Å². The molecule has 216 valence electrons. The Morgan fingerprint density at radius 2 is 1.66 bits per heavy atom. The van der Waals surface area contributed by atoms with Crippen LogP contribution >= 0.6 is 21.2 Å². The van der Waals surface area contributed by atoms with Crippen molar-refractivity contribution in [2.24, 2.45) is 10.9 Å². The lowest BCUT2D eigenvalue weighted by Crippen LogP contribution is -2.45. The fourth-order valence-corrected chi connectivity index (χ4v) is 13.4. The van der Waals surface area contributed by atoms with Gasteiger partial charge in [0.1, 0.15) is 42.7 Å². The van der Waals surface area contributed by atoms with Crippen LogP contribution in [0.5, 0.6) is 0 Å². The van der Waals surface area contributed by atoms with Gasteiger partial charge in [-0.25, -0.2) is 9.97 Å². The third-order valence-corrected chi connectivity index (χ3v) is 15.1. The zero-order valence-corrected chi connectivity index (χ0v) is 24.9. The topological polar surface area (TPSA) is 172 Å². The lowest BCUT2D eigenvalue weighted by Gasteiger charge is -2.62. The minimum absolute atomic E-state index is 0.0348. The lowest BCUT2D eigenvalue weighted by molar-refractivity contribution is -0.0470. The number of nitrogen functional groups attached to an aromatic ring is 1. The van der Waals surface area contributed by atoms with Crippen molar-refractivity contribution in [2.45, 2.75) is 101 Å².